The standard InChI is InChI=1S/C30H32N6O9S2/c1-14-20(23(28(39)40)35-22(14)21(16(3)37)25(35)38)24-15(2)33-13-34(29(31)41)27(26(33)47-24)46-19-8-10-32(11-9-19)30(42)45-12-17-4-6-18(7-5-17)36(43)44/h4-7,13-14,16,19,21-22,37H,8-12H2,1-3H3,(H2-,31,39,40,41)/p+1/t14-,16+,21+,22+/m0/s1. The molecule has 2 saturated heterocycles. The molecule has 0 radical (unpaired) electrons. The Balaban J connectivity index is 1.19. The number of carboxylic acid groups (broad SMARTS) is 1. The van der Waals surface area contributed by atoms with Crippen molar-refractivity contribution in [1.82, 2.24) is 14.4 Å². The van der Waals surface area contributed by atoms with Gasteiger partial charge in [-0.15, -0.1) is 4.57 Å². The van der Waals surface area contributed by atoms with Gasteiger partial charge in [0.25, 0.3) is 12.0 Å². The second kappa shape index (κ2) is 12.3. The summed E-state index contributed by atoms with van der Waals surface area (Å²) < 4.78 is 8.59. The third-order valence-electron chi connectivity index (χ3n) is 9.08. The number of thiazole rings is 1. The number of nitro groups is 1. The van der Waals surface area contributed by atoms with E-state index in [-0.39, 0.29) is 29.2 Å². The van der Waals surface area contributed by atoms with E-state index in [1.807, 2.05) is 13.8 Å². The Morgan fingerprint density at radius 1 is 1.23 bits per heavy atom. The lowest BCUT2D eigenvalue weighted by Crippen LogP contribution is -2.63. The summed E-state index contributed by atoms with van der Waals surface area (Å²) in [6.45, 7) is 6.04. The molecule has 0 spiro atoms. The topological polar surface area (TPSA) is 203 Å². The van der Waals surface area contributed by atoms with E-state index < -0.39 is 47.0 Å². The molecule has 248 valence electrons. The Hall–Kier alpha value is -4.48. The van der Waals surface area contributed by atoms with Crippen LogP contribution >= 0.6 is 23.1 Å². The molecule has 4 N–H and O–H groups in total. The lowest BCUT2D eigenvalue weighted by molar-refractivity contribution is -0.515. The van der Waals surface area contributed by atoms with E-state index in [1.165, 1.54) is 51.6 Å². The molecule has 3 aliphatic heterocycles. The van der Waals surface area contributed by atoms with Crippen LogP contribution in [-0.2, 0) is 20.9 Å². The molecule has 2 fully saturated rings. The number of aliphatic hydroxyl groups excluding tert-OH is 1. The number of nitrogens with two attached hydrogens (primary N) is 1. The SMILES string of the molecule is Cc1c(C2=C(C(=O)O)N3C(=O)[C@H]([C@@H](C)O)[C@H]3[C@H]2C)sc2c(SC3CCN(C(=O)OCc4ccc([N+](=O)[O-])cc4)CC3)n(C(N)=O)c[n+]12. The number of imidazole rings is 1. The fourth-order valence-electron chi connectivity index (χ4n) is 6.68. The van der Waals surface area contributed by atoms with E-state index in [9.17, 15) is 39.5 Å². The number of ether oxygens (including phenoxy) is 1. The first-order valence-corrected chi connectivity index (χ1v) is 16.7. The molecule has 3 amide bonds. The Labute approximate surface area is 276 Å². The van der Waals surface area contributed by atoms with E-state index in [1.54, 1.807) is 27.8 Å². The minimum Gasteiger partial charge on any atom is -0.477 e. The number of piperidine rings is 1. The molecule has 0 bridgehead atoms. The Bertz CT molecular complexity index is 1840. The first-order valence-electron chi connectivity index (χ1n) is 15.0. The van der Waals surface area contributed by atoms with Crippen molar-refractivity contribution in [1.29, 1.82) is 0 Å². The van der Waals surface area contributed by atoms with Gasteiger partial charge < -0.3 is 30.5 Å². The van der Waals surface area contributed by atoms with Crippen molar-refractivity contribution in [2.24, 2.45) is 17.6 Å². The summed E-state index contributed by atoms with van der Waals surface area (Å²) in [5, 5.41) is 31.9. The fraction of sp³-hybridized carbons (Fsp3) is 0.433. The maximum absolute atomic E-state index is 12.9. The number of aliphatic hydroxyl groups is 1. The number of nitro benzene ring substituents is 1. The number of carbonyl (C=O) groups is 4. The Kier molecular flexibility index (Phi) is 8.48. The first-order chi connectivity index (χ1) is 22.3. The van der Waals surface area contributed by atoms with Crippen molar-refractivity contribution in [3.05, 3.63) is 62.5 Å². The maximum atomic E-state index is 12.9. The second-order valence-corrected chi connectivity index (χ2v) is 14.2. The highest BCUT2D eigenvalue weighted by Crippen LogP contribution is 2.52. The van der Waals surface area contributed by atoms with Crippen molar-refractivity contribution in [2.45, 2.75) is 62.6 Å². The van der Waals surface area contributed by atoms with Crippen molar-refractivity contribution in [3.8, 4) is 0 Å². The summed E-state index contributed by atoms with van der Waals surface area (Å²) >= 11 is 2.79. The first kappa shape index (κ1) is 32.5. The molecule has 15 nitrogen and oxygen atoms in total. The van der Waals surface area contributed by atoms with E-state index in [0.29, 0.717) is 57.5 Å². The van der Waals surface area contributed by atoms with Crippen LogP contribution in [0.25, 0.3) is 10.4 Å². The summed E-state index contributed by atoms with van der Waals surface area (Å²) in [6, 6.07) is 4.66. The smallest absolute Gasteiger partial charge is 0.411 e. The lowest BCUT2D eigenvalue weighted by atomic mass is 9.77. The van der Waals surface area contributed by atoms with E-state index >= 15 is 0 Å². The van der Waals surface area contributed by atoms with Crippen LogP contribution in [0.2, 0.25) is 0 Å². The Morgan fingerprint density at radius 3 is 2.47 bits per heavy atom. The summed E-state index contributed by atoms with van der Waals surface area (Å²) in [6.07, 6.45) is 1.39. The second-order valence-electron chi connectivity index (χ2n) is 11.9. The lowest BCUT2D eigenvalue weighted by Gasteiger charge is -2.46. The van der Waals surface area contributed by atoms with Crippen molar-refractivity contribution < 1.29 is 43.5 Å². The van der Waals surface area contributed by atoms with Crippen LogP contribution < -0.4 is 10.1 Å². The molecule has 0 aliphatic carbocycles. The third kappa shape index (κ3) is 5.51. The average molecular weight is 686 g/mol. The zero-order valence-electron chi connectivity index (χ0n) is 25.7. The van der Waals surface area contributed by atoms with Gasteiger partial charge in [0.15, 0.2) is 0 Å². The predicted octanol–water partition coefficient (Wildman–Crippen LogP) is 2.98. The van der Waals surface area contributed by atoms with Gasteiger partial charge in [-0.25, -0.2) is 14.4 Å². The number of primary amides is 1. The number of carbonyl (C=O) groups excluding carboxylic acids is 3. The number of β-lactam (4-membered cyclic amide) rings is 1. The number of non-ortho nitro benzene ring substituents is 1. The highest BCUT2D eigenvalue weighted by molar-refractivity contribution is 8.00. The van der Waals surface area contributed by atoms with E-state index in [2.05, 4.69) is 0 Å². The number of aliphatic carboxylic acids is 1. The number of amides is 3. The highest BCUT2D eigenvalue weighted by atomic mass is 32.2. The molecule has 0 saturated carbocycles. The van der Waals surface area contributed by atoms with Gasteiger partial charge in [-0.05, 0) is 44.4 Å². The van der Waals surface area contributed by atoms with Crippen LogP contribution in [0.4, 0.5) is 15.3 Å². The van der Waals surface area contributed by atoms with Gasteiger partial charge >= 0.3 is 18.1 Å². The quantitative estimate of drug-likeness (QED) is 0.137. The number of likely N-dealkylation sites (tertiary alicyclic amines) is 1. The number of rotatable bonds is 8. The zero-order valence-corrected chi connectivity index (χ0v) is 27.3. The summed E-state index contributed by atoms with van der Waals surface area (Å²) in [7, 11) is 0. The number of carboxylic acids is 1. The molecular weight excluding hydrogens is 652 g/mol. The monoisotopic (exact) mass is 685 g/mol. The minimum absolute atomic E-state index is 0.0160. The van der Waals surface area contributed by atoms with Crippen molar-refractivity contribution >= 4 is 63.2 Å². The third-order valence-corrected chi connectivity index (χ3v) is 11.9. The van der Waals surface area contributed by atoms with Crippen LogP contribution in [0.15, 0.2) is 41.3 Å². The number of benzene rings is 1. The summed E-state index contributed by atoms with van der Waals surface area (Å²) in [5.41, 5.74) is 7.47. The van der Waals surface area contributed by atoms with Crippen molar-refractivity contribution in [2.75, 3.05) is 13.1 Å². The number of hydrogen-bond acceptors (Lipinski definition) is 10. The zero-order chi connectivity index (χ0) is 33.9. The van der Waals surface area contributed by atoms with Crippen LogP contribution in [-0.4, -0.2) is 84.0 Å². The summed E-state index contributed by atoms with van der Waals surface area (Å²) in [5.74, 6) is -2.65. The molecule has 6 rings (SSSR count). The molecule has 4 atom stereocenters. The molecule has 3 aromatic rings. The molecule has 0 unspecified atom stereocenters. The van der Waals surface area contributed by atoms with Crippen molar-refractivity contribution in [3.63, 3.8) is 0 Å². The van der Waals surface area contributed by atoms with Gasteiger partial charge in [0.1, 0.15) is 18.0 Å². The van der Waals surface area contributed by atoms with Gasteiger partial charge in [0.2, 0.25) is 15.8 Å². The number of fused-ring (bicyclic) bond motifs is 2. The maximum Gasteiger partial charge on any atom is 0.411 e. The average Bonchev–Trinajstić information content (AvgIpc) is 3.62. The van der Waals surface area contributed by atoms with Crippen LogP contribution in [0, 0.1) is 28.9 Å². The minimum atomic E-state index is -1.22. The van der Waals surface area contributed by atoms with Crippen LogP contribution in [0.5, 0.6) is 0 Å². The van der Waals surface area contributed by atoms with Gasteiger partial charge in [0.05, 0.1) is 27.9 Å². The van der Waals surface area contributed by atoms with Gasteiger partial charge in [-0.1, -0.05) is 30.0 Å². The largest absolute Gasteiger partial charge is 0.477 e. The van der Waals surface area contributed by atoms with E-state index in [4.69, 9.17) is 10.5 Å². The summed E-state index contributed by atoms with van der Waals surface area (Å²) in [4.78, 5) is 65.2. The van der Waals surface area contributed by atoms with E-state index in [0.717, 1.165) is 0 Å². The molecule has 47 heavy (non-hydrogen) atoms. The molecule has 5 heterocycles. The van der Waals surface area contributed by atoms with Gasteiger partial charge in [-0.3, -0.25) is 14.9 Å². The number of thioether (sulfide) groups is 1. The Morgan fingerprint density at radius 2 is 1.89 bits per heavy atom. The molecule has 17 heteroatoms. The normalized spacial score (nSPS) is 22.0. The number of aryl methyl sites for hydroxylation is 1. The molecule has 1 aromatic carbocycles. The molecule has 2 aromatic heterocycles. The molecule has 3 aliphatic rings. The number of nitrogens with zero attached hydrogens (tertiary/aromatic N) is 5. The predicted molar refractivity (Wildman–Crippen MR) is 168 cm³/mol. The molecular formula is C30H33N6O9S2+. The number of aromatic nitrogens is 2. The van der Waals surface area contributed by atoms with Crippen LogP contribution in [0.3, 0.4) is 0 Å². The fourth-order valence-corrected chi connectivity index (χ4v) is 9.46. The van der Waals surface area contributed by atoms with Gasteiger partial charge in [-0.2, -0.15) is 4.40 Å². The number of hydrogen-bond donors (Lipinski definition) is 3. The van der Waals surface area contributed by atoms with Gasteiger partial charge in [0, 0.05) is 42.0 Å². The van der Waals surface area contributed by atoms with Crippen LogP contribution in [0.1, 0.15) is 42.8 Å². The highest BCUT2D eigenvalue weighted by Gasteiger charge is 2.60.